The Bertz CT molecular complexity index is 710. The van der Waals surface area contributed by atoms with Gasteiger partial charge in [-0.15, -0.1) is 0 Å². The predicted octanol–water partition coefficient (Wildman–Crippen LogP) is 5.05. The monoisotopic (exact) mass is 334 g/mol. The van der Waals surface area contributed by atoms with E-state index in [4.69, 9.17) is 23.2 Å². The Morgan fingerprint density at radius 1 is 0.905 bits per heavy atom. The lowest BCUT2D eigenvalue weighted by atomic mass is 10.3. The summed E-state index contributed by atoms with van der Waals surface area (Å²) in [7, 11) is 0. The van der Waals surface area contributed by atoms with Gasteiger partial charge in [0.1, 0.15) is 0 Å². The molecule has 0 aliphatic rings. The molecule has 2 aromatic rings. The molecule has 8 heteroatoms. The van der Waals surface area contributed by atoms with Gasteiger partial charge in [-0.05, 0) is 24.3 Å². The molecule has 0 fully saturated rings. The fourth-order valence-electron chi connectivity index (χ4n) is 1.50. The van der Waals surface area contributed by atoms with E-state index in [9.17, 15) is 18.0 Å². The third-order valence-corrected chi connectivity index (χ3v) is 3.30. The topological polar surface area (TPSA) is 41.1 Å². The molecule has 3 nitrogen and oxygen atoms in total. The number of benzene rings is 2. The zero-order valence-corrected chi connectivity index (χ0v) is 11.7. The number of hydrogen-bond donors (Lipinski definition) is 2. The summed E-state index contributed by atoms with van der Waals surface area (Å²) in [5.41, 5.74) is -0.325. The van der Waals surface area contributed by atoms with Gasteiger partial charge in [0.05, 0.1) is 21.4 Å². The molecule has 0 aliphatic heterocycles. The van der Waals surface area contributed by atoms with Crippen LogP contribution in [0.15, 0.2) is 30.3 Å². The third kappa shape index (κ3) is 3.40. The van der Waals surface area contributed by atoms with Crippen molar-refractivity contribution in [3.8, 4) is 0 Å². The van der Waals surface area contributed by atoms with Crippen LogP contribution in [0.4, 0.5) is 29.3 Å². The summed E-state index contributed by atoms with van der Waals surface area (Å²) < 4.78 is 39.2. The van der Waals surface area contributed by atoms with Gasteiger partial charge >= 0.3 is 6.03 Å². The minimum Gasteiger partial charge on any atom is -0.306 e. The van der Waals surface area contributed by atoms with E-state index in [-0.39, 0.29) is 15.7 Å². The van der Waals surface area contributed by atoms with Crippen LogP contribution in [0.3, 0.4) is 0 Å². The van der Waals surface area contributed by atoms with Crippen molar-refractivity contribution < 1.29 is 18.0 Å². The number of halogens is 5. The summed E-state index contributed by atoms with van der Waals surface area (Å²) in [4.78, 5) is 11.7. The van der Waals surface area contributed by atoms with Crippen molar-refractivity contribution in [1.82, 2.24) is 0 Å². The van der Waals surface area contributed by atoms with E-state index in [1.165, 1.54) is 12.1 Å². The van der Waals surface area contributed by atoms with Crippen molar-refractivity contribution in [3.05, 3.63) is 57.8 Å². The summed E-state index contributed by atoms with van der Waals surface area (Å²) >= 11 is 11.6. The Kier molecular flexibility index (Phi) is 4.59. The smallest absolute Gasteiger partial charge is 0.306 e. The molecule has 0 saturated heterocycles. The fourth-order valence-corrected chi connectivity index (χ4v) is 1.85. The van der Waals surface area contributed by atoms with E-state index >= 15 is 0 Å². The molecule has 2 amide bonds. The number of anilines is 2. The van der Waals surface area contributed by atoms with Gasteiger partial charge in [0.2, 0.25) is 0 Å². The Hall–Kier alpha value is -1.92. The lowest BCUT2D eigenvalue weighted by Gasteiger charge is -2.10. The van der Waals surface area contributed by atoms with Crippen molar-refractivity contribution in [2.24, 2.45) is 0 Å². The SMILES string of the molecule is O=C(Nc1ccc(F)c(F)c1F)Nc1cccc(Cl)c1Cl. The second-order valence-corrected chi connectivity index (χ2v) is 4.69. The number of carbonyl (C=O) groups is 1. The van der Waals surface area contributed by atoms with Crippen molar-refractivity contribution >= 4 is 40.6 Å². The van der Waals surface area contributed by atoms with Crippen LogP contribution < -0.4 is 10.6 Å². The van der Waals surface area contributed by atoms with Crippen LogP contribution in [0, 0.1) is 17.5 Å². The summed E-state index contributed by atoms with van der Waals surface area (Å²) in [6, 6.07) is 5.23. The van der Waals surface area contributed by atoms with Crippen LogP contribution in [0.25, 0.3) is 0 Å². The van der Waals surface area contributed by atoms with Gasteiger partial charge in [-0.2, -0.15) is 0 Å². The van der Waals surface area contributed by atoms with Gasteiger partial charge in [0.25, 0.3) is 0 Å². The van der Waals surface area contributed by atoms with E-state index in [1.54, 1.807) is 6.07 Å². The Morgan fingerprint density at radius 2 is 1.57 bits per heavy atom. The number of carbonyl (C=O) groups excluding carboxylic acids is 1. The summed E-state index contributed by atoms with van der Waals surface area (Å²) in [5.74, 6) is -4.52. The lowest BCUT2D eigenvalue weighted by Crippen LogP contribution is -2.20. The highest BCUT2D eigenvalue weighted by Gasteiger charge is 2.16. The molecule has 110 valence electrons. The molecular weight excluding hydrogens is 328 g/mol. The van der Waals surface area contributed by atoms with Gasteiger partial charge < -0.3 is 10.6 Å². The van der Waals surface area contributed by atoms with Crippen molar-refractivity contribution in [2.75, 3.05) is 10.6 Å². The zero-order valence-electron chi connectivity index (χ0n) is 10.2. The second kappa shape index (κ2) is 6.24. The molecule has 0 aliphatic carbocycles. The first-order valence-corrected chi connectivity index (χ1v) is 6.31. The molecule has 0 saturated carbocycles. The molecule has 2 aromatic carbocycles. The highest BCUT2D eigenvalue weighted by molar-refractivity contribution is 6.44. The molecule has 2 N–H and O–H groups in total. The number of nitrogens with one attached hydrogen (secondary N) is 2. The Balaban J connectivity index is 2.16. The molecule has 0 radical (unpaired) electrons. The second-order valence-electron chi connectivity index (χ2n) is 3.90. The maximum absolute atomic E-state index is 13.4. The molecule has 0 aromatic heterocycles. The van der Waals surface area contributed by atoms with E-state index in [1.807, 2.05) is 5.32 Å². The average molecular weight is 335 g/mol. The van der Waals surface area contributed by atoms with Crippen molar-refractivity contribution in [3.63, 3.8) is 0 Å². The van der Waals surface area contributed by atoms with E-state index in [2.05, 4.69) is 5.32 Å². The van der Waals surface area contributed by atoms with Gasteiger partial charge in [-0.3, -0.25) is 0 Å². The Morgan fingerprint density at radius 3 is 2.29 bits per heavy atom. The van der Waals surface area contributed by atoms with E-state index in [0.717, 1.165) is 6.07 Å². The summed E-state index contributed by atoms with van der Waals surface area (Å²) in [6.45, 7) is 0. The lowest BCUT2D eigenvalue weighted by molar-refractivity contribution is 0.262. The summed E-state index contributed by atoms with van der Waals surface area (Å²) in [5, 5.41) is 4.66. The molecule has 0 heterocycles. The molecule has 2 rings (SSSR count). The highest BCUT2D eigenvalue weighted by Crippen LogP contribution is 2.29. The normalized spacial score (nSPS) is 10.3. The minimum absolute atomic E-state index is 0.0973. The van der Waals surface area contributed by atoms with E-state index < -0.39 is 29.2 Å². The molecule has 0 unspecified atom stereocenters. The fraction of sp³-hybridized carbons (Fsp3) is 0. The number of urea groups is 1. The van der Waals surface area contributed by atoms with Crippen LogP contribution in [0.2, 0.25) is 10.0 Å². The average Bonchev–Trinajstić information content (AvgIpc) is 2.45. The Labute approximate surface area is 127 Å². The van der Waals surface area contributed by atoms with Gasteiger partial charge in [0.15, 0.2) is 17.5 Å². The quantitative estimate of drug-likeness (QED) is 0.741. The first-order chi connectivity index (χ1) is 9.90. The van der Waals surface area contributed by atoms with Crippen molar-refractivity contribution in [1.29, 1.82) is 0 Å². The number of amides is 2. The molecule has 0 bridgehead atoms. The number of hydrogen-bond acceptors (Lipinski definition) is 1. The molecular formula is C13H7Cl2F3N2O. The van der Waals surface area contributed by atoms with Gasteiger partial charge in [-0.1, -0.05) is 29.3 Å². The van der Waals surface area contributed by atoms with Crippen LogP contribution in [-0.4, -0.2) is 6.03 Å². The first-order valence-electron chi connectivity index (χ1n) is 5.55. The van der Waals surface area contributed by atoms with Crippen LogP contribution in [0.5, 0.6) is 0 Å². The number of rotatable bonds is 2. The van der Waals surface area contributed by atoms with Gasteiger partial charge in [-0.25, -0.2) is 18.0 Å². The third-order valence-electron chi connectivity index (χ3n) is 2.48. The van der Waals surface area contributed by atoms with Gasteiger partial charge in [0, 0.05) is 0 Å². The zero-order chi connectivity index (χ0) is 15.6. The van der Waals surface area contributed by atoms with Crippen molar-refractivity contribution in [2.45, 2.75) is 0 Å². The highest BCUT2D eigenvalue weighted by atomic mass is 35.5. The maximum Gasteiger partial charge on any atom is 0.323 e. The molecule has 0 spiro atoms. The maximum atomic E-state index is 13.4. The first kappa shape index (κ1) is 15.5. The molecule has 21 heavy (non-hydrogen) atoms. The van der Waals surface area contributed by atoms with Crippen LogP contribution >= 0.6 is 23.2 Å². The minimum atomic E-state index is -1.67. The summed E-state index contributed by atoms with van der Waals surface area (Å²) in [6.07, 6.45) is 0. The largest absolute Gasteiger partial charge is 0.323 e. The molecule has 0 atom stereocenters. The predicted molar refractivity (Wildman–Crippen MR) is 75.4 cm³/mol. The van der Waals surface area contributed by atoms with Crippen LogP contribution in [-0.2, 0) is 0 Å². The standard InChI is InChI=1S/C13H7Cl2F3N2O/c14-6-2-1-3-8(10(6)15)19-13(21)20-9-5-4-7(16)11(17)12(9)18/h1-5H,(H2,19,20,21). The van der Waals surface area contributed by atoms with E-state index in [0.29, 0.717) is 6.07 Å². The van der Waals surface area contributed by atoms with Crippen LogP contribution in [0.1, 0.15) is 0 Å².